The first-order valence-electron chi connectivity index (χ1n) is 4.33. The smallest absolute Gasteiger partial charge is 0.417 e. The van der Waals surface area contributed by atoms with Crippen molar-refractivity contribution >= 4 is 17.8 Å². The number of urea groups is 1. The quantitative estimate of drug-likeness (QED) is 0.767. The molecule has 0 unspecified atom stereocenters. The monoisotopic (exact) mass is 208 g/mol. The maximum Gasteiger partial charge on any atom is 0.417 e. The average Bonchev–Trinajstić information content (AvgIpc) is 2.28. The second kappa shape index (κ2) is 4.99. The Morgan fingerprint density at radius 2 is 1.87 bits per heavy atom. The molecule has 5 nitrogen and oxygen atoms in total. The molecule has 0 aromatic heterocycles. The molecule has 1 rings (SSSR count). The van der Waals surface area contributed by atoms with Crippen molar-refractivity contribution in [3.05, 3.63) is 30.3 Å². The van der Waals surface area contributed by atoms with E-state index in [4.69, 9.17) is 0 Å². The molecule has 3 amide bonds. The summed E-state index contributed by atoms with van der Waals surface area (Å²) >= 11 is 0. The Hall–Kier alpha value is -2.04. The second-order valence-electron chi connectivity index (χ2n) is 2.83. The summed E-state index contributed by atoms with van der Waals surface area (Å²) in [6.45, 7) is 0. The van der Waals surface area contributed by atoms with Gasteiger partial charge in [-0.1, -0.05) is 18.2 Å². The highest BCUT2D eigenvalue weighted by molar-refractivity contribution is 5.98. The molecule has 1 aromatic rings. The third-order valence-corrected chi connectivity index (χ3v) is 1.78. The van der Waals surface area contributed by atoms with Crippen LogP contribution in [0.2, 0.25) is 0 Å². The van der Waals surface area contributed by atoms with Crippen LogP contribution in [-0.2, 0) is 4.74 Å². The highest BCUT2D eigenvalue weighted by Crippen LogP contribution is 2.06. The zero-order valence-corrected chi connectivity index (χ0v) is 8.56. The predicted octanol–water partition coefficient (Wildman–Crippen LogP) is 1.92. The van der Waals surface area contributed by atoms with Crippen molar-refractivity contribution in [3.63, 3.8) is 0 Å². The van der Waals surface area contributed by atoms with Gasteiger partial charge in [0.05, 0.1) is 7.11 Å². The molecular weight excluding hydrogens is 196 g/mol. The summed E-state index contributed by atoms with van der Waals surface area (Å²) in [7, 11) is 2.55. The summed E-state index contributed by atoms with van der Waals surface area (Å²) in [5.41, 5.74) is 0.623. The molecule has 0 radical (unpaired) electrons. The van der Waals surface area contributed by atoms with Gasteiger partial charge >= 0.3 is 12.1 Å². The van der Waals surface area contributed by atoms with Gasteiger partial charge in [0, 0.05) is 12.7 Å². The highest BCUT2D eigenvalue weighted by Gasteiger charge is 2.16. The molecule has 80 valence electrons. The van der Waals surface area contributed by atoms with Gasteiger partial charge in [0.2, 0.25) is 0 Å². The molecular formula is C10H12N2O3. The number of imide groups is 1. The normalized spacial score (nSPS) is 9.20. The third kappa shape index (κ3) is 2.98. The molecule has 0 saturated carbocycles. The van der Waals surface area contributed by atoms with Crippen molar-refractivity contribution in [1.29, 1.82) is 0 Å². The van der Waals surface area contributed by atoms with Gasteiger partial charge in [-0.3, -0.25) is 0 Å². The number of nitrogens with one attached hydrogen (secondary N) is 1. The summed E-state index contributed by atoms with van der Waals surface area (Å²) in [6, 6.07) is 8.32. The second-order valence-corrected chi connectivity index (χ2v) is 2.83. The summed E-state index contributed by atoms with van der Waals surface area (Å²) in [5, 5.41) is 2.54. The Morgan fingerprint density at radius 3 is 2.40 bits per heavy atom. The van der Waals surface area contributed by atoms with Crippen molar-refractivity contribution in [1.82, 2.24) is 4.90 Å². The summed E-state index contributed by atoms with van der Waals surface area (Å²) < 4.78 is 4.40. The topological polar surface area (TPSA) is 58.6 Å². The Kier molecular flexibility index (Phi) is 3.68. The molecule has 0 heterocycles. The number of hydrogen-bond acceptors (Lipinski definition) is 3. The van der Waals surface area contributed by atoms with Crippen LogP contribution in [0.1, 0.15) is 0 Å². The van der Waals surface area contributed by atoms with E-state index in [-0.39, 0.29) is 0 Å². The molecule has 5 heteroatoms. The molecule has 15 heavy (non-hydrogen) atoms. The lowest BCUT2D eigenvalue weighted by atomic mass is 10.3. The van der Waals surface area contributed by atoms with Crippen molar-refractivity contribution in [2.45, 2.75) is 0 Å². The minimum atomic E-state index is -0.705. The zero-order chi connectivity index (χ0) is 11.3. The van der Waals surface area contributed by atoms with Gasteiger partial charge in [-0.2, -0.15) is 0 Å². The molecule has 0 aliphatic rings. The number of nitrogens with zero attached hydrogens (tertiary/aromatic N) is 1. The van der Waals surface area contributed by atoms with Crippen LogP contribution < -0.4 is 5.32 Å². The SMILES string of the molecule is COC(=O)N(C)C(=O)Nc1ccccc1. The largest absolute Gasteiger partial charge is 0.452 e. The van der Waals surface area contributed by atoms with Crippen LogP contribution >= 0.6 is 0 Å². The Labute approximate surface area is 87.6 Å². The van der Waals surface area contributed by atoms with Crippen LogP contribution in [0.5, 0.6) is 0 Å². The molecule has 0 atom stereocenters. The van der Waals surface area contributed by atoms with Crippen molar-refractivity contribution in [2.75, 3.05) is 19.5 Å². The van der Waals surface area contributed by atoms with Gasteiger partial charge in [0.1, 0.15) is 0 Å². The summed E-state index contributed by atoms with van der Waals surface area (Å²) in [5.74, 6) is 0. The van der Waals surface area contributed by atoms with E-state index in [9.17, 15) is 9.59 Å². The minimum absolute atomic E-state index is 0.534. The van der Waals surface area contributed by atoms with E-state index in [2.05, 4.69) is 10.1 Å². The molecule has 0 saturated heterocycles. The Bertz CT molecular complexity index is 351. The lowest BCUT2D eigenvalue weighted by Gasteiger charge is -2.14. The van der Waals surface area contributed by atoms with Crippen LogP contribution in [0.25, 0.3) is 0 Å². The fraction of sp³-hybridized carbons (Fsp3) is 0.200. The van der Waals surface area contributed by atoms with Crippen LogP contribution in [-0.4, -0.2) is 31.2 Å². The Balaban J connectivity index is 2.60. The number of carbonyl (C=O) groups excluding carboxylic acids is 2. The van der Waals surface area contributed by atoms with E-state index in [0.717, 1.165) is 4.90 Å². The van der Waals surface area contributed by atoms with Crippen molar-refractivity contribution in [3.8, 4) is 0 Å². The Morgan fingerprint density at radius 1 is 1.27 bits per heavy atom. The number of methoxy groups -OCH3 is 1. The van der Waals surface area contributed by atoms with E-state index in [1.54, 1.807) is 24.3 Å². The summed E-state index contributed by atoms with van der Waals surface area (Å²) in [6.07, 6.45) is -0.705. The van der Waals surface area contributed by atoms with Gasteiger partial charge in [-0.25, -0.2) is 14.5 Å². The van der Waals surface area contributed by atoms with Crippen LogP contribution in [0.4, 0.5) is 15.3 Å². The lowest BCUT2D eigenvalue weighted by molar-refractivity contribution is 0.140. The number of amides is 3. The van der Waals surface area contributed by atoms with Gasteiger partial charge in [-0.05, 0) is 12.1 Å². The fourth-order valence-electron chi connectivity index (χ4n) is 0.949. The van der Waals surface area contributed by atoms with Gasteiger partial charge in [-0.15, -0.1) is 0 Å². The maximum absolute atomic E-state index is 11.4. The van der Waals surface area contributed by atoms with E-state index in [0.29, 0.717) is 5.69 Å². The molecule has 0 aliphatic heterocycles. The highest BCUT2D eigenvalue weighted by atomic mass is 16.5. The van der Waals surface area contributed by atoms with Crippen molar-refractivity contribution in [2.24, 2.45) is 0 Å². The van der Waals surface area contributed by atoms with Gasteiger partial charge in [0.25, 0.3) is 0 Å². The number of hydrogen-bond donors (Lipinski definition) is 1. The van der Waals surface area contributed by atoms with Crippen LogP contribution in [0.3, 0.4) is 0 Å². The van der Waals surface area contributed by atoms with E-state index in [1.165, 1.54) is 14.2 Å². The lowest BCUT2D eigenvalue weighted by Crippen LogP contribution is -2.36. The van der Waals surface area contributed by atoms with E-state index in [1.807, 2.05) is 6.07 Å². The number of benzene rings is 1. The van der Waals surface area contributed by atoms with E-state index < -0.39 is 12.1 Å². The maximum atomic E-state index is 11.4. The number of ether oxygens (including phenoxy) is 1. The zero-order valence-electron chi connectivity index (χ0n) is 8.56. The first-order valence-corrected chi connectivity index (χ1v) is 4.33. The number of para-hydroxylation sites is 1. The van der Waals surface area contributed by atoms with Crippen LogP contribution in [0, 0.1) is 0 Å². The molecule has 1 aromatic carbocycles. The first kappa shape index (κ1) is 11.0. The van der Waals surface area contributed by atoms with E-state index >= 15 is 0 Å². The molecule has 0 aliphatic carbocycles. The van der Waals surface area contributed by atoms with Gasteiger partial charge in [0.15, 0.2) is 0 Å². The summed E-state index contributed by atoms with van der Waals surface area (Å²) in [4.78, 5) is 23.3. The fourth-order valence-corrected chi connectivity index (χ4v) is 0.949. The first-order chi connectivity index (χ1) is 7.15. The third-order valence-electron chi connectivity index (χ3n) is 1.78. The molecule has 1 N–H and O–H groups in total. The van der Waals surface area contributed by atoms with Crippen molar-refractivity contribution < 1.29 is 14.3 Å². The molecule has 0 fully saturated rings. The average molecular weight is 208 g/mol. The van der Waals surface area contributed by atoms with Crippen LogP contribution in [0.15, 0.2) is 30.3 Å². The standard InChI is InChI=1S/C10H12N2O3/c1-12(10(14)15-2)9(13)11-8-6-4-3-5-7-8/h3-7H,1-2H3,(H,11,13). The number of rotatable bonds is 1. The van der Waals surface area contributed by atoms with Gasteiger partial charge < -0.3 is 10.1 Å². The minimum Gasteiger partial charge on any atom is -0.452 e. The molecule has 0 spiro atoms. The molecule has 0 bridgehead atoms. The number of anilines is 1. The number of carbonyl (C=O) groups is 2. The predicted molar refractivity (Wildman–Crippen MR) is 55.6 cm³/mol.